The number of methoxy groups -OCH3 is 1. The summed E-state index contributed by atoms with van der Waals surface area (Å²) in [6.07, 6.45) is 3.11. The molecular weight excluding hydrogens is 264 g/mol. The maximum Gasteiger partial charge on any atom is 0.255 e. The van der Waals surface area contributed by atoms with E-state index in [-0.39, 0.29) is 5.91 Å². The quantitative estimate of drug-likeness (QED) is 0.875. The van der Waals surface area contributed by atoms with E-state index in [9.17, 15) is 4.79 Å². The van der Waals surface area contributed by atoms with Crippen LogP contribution in [-0.2, 0) is 4.74 Å². The normalized spacial score (nSPS) is 16.0. The van der Waals surface area contributed by atoms with Crippen molar-refractivity contribution in [2.45, 2.75) is 26.2 Å². The van der Waals surface area contributed by atoms with E-state index in [2.05, 4.69) is 12.2 Å². The van der Waals surface area contributed by atoms with Gasteiger partial charge in [0, 0.05) is 39.0 Å². The third kappa shape index (κ3) is 4.21. The van der Waals surface area contributed by atoms with Crippen molar-refractivity contribution in [2.24, 2.45) is 5.92 Å². The number of nitrogens with one attached hydrogen (secondary N) is 1. The number of likely N-dealkylation sites (tertiary alicyclic amines) is 1. The molecule has 4 heteroatoms. The van der Waals surface area contributed by atoms with E-state index in [4.69, 9.17) is 4.74 Å². The number of amides is 1. The van der Waals surface area contributed by atoms with Crippen LogP contribution in [0, 0.1) is 5.92 Å². The number of para-hydroxylation sites is 1. The van der Waals surface area contributed by atoms with Gasteiger partial charge in [-0.2, -0.15) is 0 Å². The number of nitrogens with zero attached hydrogens (tertiary/aromatic N) is 1. The fourth-order valence-corrected chi connectivity index (χ4v) is 2.79. The van der Waals surface area contributed by atoms with Crippen molar-refractivity contribution >= 4 is 11.6 Å². The van der Waals surface area contributed by atoms with Gasteiger partial charge in [-0.3, -0.25) is 4.79 Å². The minimum atomic E-state index is 0.144. The Kier molecular flexibility index (Phi) is 6.05. The van der Waals surface area contributed by atoms with Crippen LogP contribution in [0.5, 0.6) is 0 Å². The molecule has 0 aliphatic carbocycles. The standard InChI is InChI=1S/C17H26N2O2/c1-3-10-18-16-7-5-4-6-15(16)17(20)19-11-8-14(9-12-19)13-21-2/h4-7,14,18H,3,8-13H2,1-2H3. The molecule has 0 spiro atoms. The van der Waals surface area contributed by atoms with E-state index in [0.717, 1.165) is 56.8 Å². The van der Waals surface area contributed by atoms with Crippen LogP contribution < -0.4 is 5.32 Å². The van der Waals surface area contributed by atoms with Gasteiger partial charge in [-0.05, 0) is 37.3 Å². The first kappa shape index (κ1) is 15.8. The van der Waals surface area contributed by atoms with E-state index in [1.54, 1.807) is 7.11 Å². The van der Waals surface area contributed by atoms with Crippen molar-refractivity contribution in [1.82, 2.24) is 4.90 Å². The average molecular weight is 290 g/mol. The number of ether oxygens (including phenoxy) is 1. The number of carbonyl (C=O) groups is 1. The summed E-state index contributed by atoms with van der Waals surface area (Å²) in [6.45, 7) is 5.47. The Morgan fingerprint density at radius 3 is 2.71 bits per heavy atom. The first-order valence-corrected chi connectivity index (χ1v) is 7.87. The number of carbonyl (C=O) groups excluding carboxylic acids is 1. The molecule has 4 nitrogen and oxygen atoms in total. The summed E-state index contributed by atoms with van der Waals surface area (Å²) in [5, 5.41) is 3.34. The lowest BCUT2D eigenvalue weighted by Crippen LogP contribution is -2.39. The fraction of sp³-hybridized carbons (Fsp3) is 0.588. The largest absolute Gasteiger partial charge is 0.384 e. The Hall–Kier alpha value is -1.55. The summed E-state index contributed by atoms with van der Waals surface area (Å²) in [5.41, 5.74) is 1.74. The van der Waals surface area contributed by atoms with Gasteiger partial charge in [-0.15, -0.1) is 0 Å². The molecule has 1 aromatic carbocycles. The fourth-order valence-electron chi connectivity index (χ4n) is 2.79. The lowest BCUT2D eigenvalue weighted by atomic mass is 9.97. The SMILES string of the molecule is CCCNc1ccccc1C(=O)N1CCC(COC)CC1. The topological polar surface area (TPSA) is 41.6 Å². The number of piperidine rings is 1. The maximum absolute atomic E-state index is 12.7. The highest BCUT2D eigenvalue weighted by molar-refractivity contribution is 5.99. The first-order chi connectivity index (χ1) is 10.3. The van der Waals surface area contributed by atoms with E-state index < -0.39 is 0 Å². The predicted molar refractivity (Wildman–Crippen MR) is 85.7 cm³/mol. The minimum Gasteiger partial charge on any atom is -0.384 e. The summed E-state index contributed by atoms with van der Waals surface area (Å²) >= 11 is 0. The third-order valence-corrected chi connectivity index (χ3v) is 4.03. The highest BCUT2D eigenvalue weighted by atomic mass is 16.5. The van der Waals surface area contributed by atoms with Crippen LogP contribution in [0.1, 0.15) is 36.5 Å². The van der Waals surface area contributed by atoms with Gasteiger partial charge in [0.1, 0.15) is 0 Å². The molecule has 0 atom stereocenters. The highest BCUT2D eigenvalue weighted by Crippen LogP contribution is 2.22. The Balaban J connectivity index is 2.00. The zero-order valence-corrected chi connectivity index (χ0v) is 13.1. The molecule has 1 aliphatic rings. The molecule has 0 radical (unpaired) electrons. The molecule has 1 saturated heterocycles. The monoisotopic (exact) mass is 290 g/mol. The molecule has 0 bridgehead atoms. The van der Waals surface area contributed by atoms with E-state index in [1.807, 2.05) is 29.2 Å². The van der Waals surface area contributed by atoms with Crippen LogP contribution >= 0.6 is 0 Å². The van der Waals surface area contributed by atoms with Gasteiger partial charge in [-0.1, -0.05) is 19.1 Å². The maximum atomic E-state index is 12.7. The number of hydrogen-bond acceptors (Lipinski definition) is 3. The second-order valence-electron chi connectivity index (χ2n) is 5.66. The molecule has 1 aromatic rings. The predicted octanol–water partition coefficient (Wildman–Crippen LogP) is 3.01. The van der Waals surface area contributed by atoms with Gasteiger partial charge in [0.25, 0.3) is 5.91 Å². The zero-order chi connectivity index (χ0) is 15.1. The van der Waals surface area contributed by atoms with Crippen LogP contribution in [0.25, 0.3) is 0 Å². The van der Waals surface area contributed by atoms with Crippen LogP contribution in [0.4, 0.5) is 5.69 Å². The minimum absolute atomic E-state index is 0.144. The van der Waals surface area contributed by atoms with Crippen molar-refractivity contribution in [3.05, 3.63) is 29.8 Å². The molecule has 0 unspecified atom stereocenters. The lowest BCUT2D eigenvalue weighted by molar-refractivity contribution is 0.0614. The number of rotatable bonds is 6. The first-order valence-electron chi connectivity index (χ1n) is 7.87. The van der Waals surface area contributed by atoms with Crippen molar-refractivity contribution in [3.63, 3.8) is 0 Å². The second-order valence-corrected chi connectivity index (χ2v) is 5.66. The van der Waals surface area contributed by atoms with Gasteiger partial charge < -0.3 is 15.0 Å². The summed E-state index contributed by atoms with van der Waals surface area (Å²) in [6, 6.07) is 7.81. The molecule has 21 heavy (non-hydrogen) atoms. The molecular formula is C17H26N2O2. The molecule has 116 valence electrons. The van der Waals surface area contributed by atoms with E-state index in [0.29, 0.717) is 5.92 Å². The summed E-state index contributed by atoms with van der Waals surface area (Å²) in [7, 11) is 1.74. The third-order valence-electron chi connectivity index (χ3n) is 4.03. The van der Waals surface area contributed by atoms with Gasteiger partial charge in [0.2, 0.25) is 0 Å². The summed E-state index contributed by atoms with van der Waals surface area (Å²) in [4.78, 5) is 14.7. The average Bonchev–Trinajstić information content (AvgIpc) is 2.53. The van der Waals surface area contributed by atoms with Gasteiger partial charge in [0.05, 0.1) is 5.56 Å². The van der Waals surface area contributed by atoms with Crippen LogP contribution in [-0.4, -0.2) is 44.2 Å². The summed E-state index contributed by atoms with van der Waals surface area (Å²) in [5.74, 6) is 0.734. The summed E-state index contributed by atoms with van der Waals surface area (Å²) < 4.78 is 5.21. The smallest absolute Gasteiger partial charge is 0.255 e. The van der Waals surface area contributed by atoms with E-state index >= 15 is 0 Å². The Morgan fingerprint density at radius 1 is 1.33 bits per heavy atom. The Morgan fingerprint density at radius 2 is 2.05 bits per heavy atom. The number of anilines is 1. The van der Waals surface area contributed by atoms with Crippen LogP contribution in [0.2, 0.25) is 0 Å². The Labute approximate surface area is 127 Å². The highest BCUT2D eigenvalue weighted by Gasteiger charge is 2.24. The molecule has 1 heterocycles. The second kappa shape index (κ2) is 8.03. The molecule has 1 fully saturated rings. The van der Waals surface area contributed by atoms with Crippen molar-refractivity contribution in [1.29, 1.82) is 0 Å². The van der Waals surface area contributed by atoms with Crippen molar-refractivity contribution < 1.29 is 9.53 Å². The molecule has 1 aliphatic heterocycles. The molecule has 0 saturated carbocycles. The molecule has 1 N–H and O–H groups in total. The number of benzene rings is 1. The zero-order valence-electron chi connectivity index (χ0n) is 13.1. The molecule has 1 amide bonds. The van der Waals surface area contributed by atoms with Gasteiger partial charge in [-0.25, -0.2) is 0 Å². The van der Waals surface area contributed by atoms with Gasteiger partial charge >= 0.3 is 0 Å². The van der Waals surface area contributed by atoms with Crippen LogP contribution in [0.3, 0.4) is 0 Å². The van der Waals surface area contributed by atoms with Gasteiger partial charge in [0.15, 0.2) is 0 Å². The van der Waals surface area contributed by atoms with E-state index in [1.165, 1.54) is 0 Å². The number of hydrogen-bond donors (Lipinski definition) is 1. The van der Waals surface area contributed by atoms with Crippen LogP contribution in [0.15, 0.2) is 24.3 Å². The Bertz CT molecular complexity index is 454. The molecule has 0 aromatic heterocycles. The lowest BCUT2D eigenvalue weighted by Gasteiger charge is -2.32. The van der Waals surface area contributed by atoms with Crippen molar-refractivity contribution in [3.8, 4) is 0 Å². The molecule has 2 rings (SSSR count). The van der Waals surface area contributed by atoms with Crippen molar-refractivity contribution in [2.75, 3.05) is 38.7 Å².